The van der Waals surface area contributed by atoms with Gasteiger partial charge in [0.2, 0.25) is 5.82 Å². The Hall–Kier alpha value is -2.74. The Kier molecular flexibility index (Phi) is 3.36. The Morgan fingerprint density at radius 2 is 1.95 bits per heavy atom. The largest absolute Gasteiger partial charge is 0.378 e. The number of aromatic nitrogens is 3. The van der Waals surface area contributed by atoms with E-state index in [0.717, 1.165) is 15.9 Å². The lowest BCUT2D eigenvalue weighted by molar-refractivity contribution is -0.384. The summed E-state index contributed by atoms with van der Waals surface area (Å²) in [6.07, 6.45) is 1.47. The van der Waals surface area contributed by atoms with Crippen LogP contribution in [-0.2, 0) is 0 Å². The number of nitrogen functional groups attached to an aromatic ring is 1. The second-order valence-electron chi connectivity index (χ2n) is 4.11. The van der Waals surface area contributed by atoms with Crippen molar-refractivity contribution in [3.8, 4) is 0 Å². The minimum atomic E-state index is -0.559. The summed E-state index contributed by atoms with van der Waals surface area (Å²) in [5, 5.41) is 12.9. The monoisotopic (exact) mass is 299 g/mol. The first-order valence-electron chi connectivity index (χ1n) is 5.93. The number of hydrogen-bond donors (Lipinski definition) is 1. The molecule has 7 nitrogen and oxygen atoms in total. The number of nitro groups is 1. The number of nitrogens with two attached hydrogens (primary N) is 1. The van der Waals surface area contributed by atoms with Crippen molar-refractivity contribution in [1.82, 2.24) is 15.0 Å². The Balaban J connectivity index is 1.99. The molecule has 0 atom stereocenters. The summed E-state index contributed by atoms with van der Waals surface area (Å²) in [5.74, 6) is -0.108. The summed E-state index contributed by atoms with van der Waals surface area (Å²) >= 11 is 1.29. The van der Waals surface area contributed by atoms with E-state index in [0.29, 0.717) is 5.03 Å². The lowest BCUT2D eigenvalue weighted by Gasteiger charge is -2.04. The maximum atomic E-state index is 10.7. The summed E-state index contributed by atoms with van der Waals surface area (Å²) in [5.41, 5.74) is 6.21. The van der Waals surface area contributed by atoms with Gasteiger partial charge in [-0.2, -0.15) is 0 Å². The molecule has 2 heterocycles. The third-order valence-electron chi connectivity index (χ3n) is 2.78. The zero-order valence-electron chi connectivity index (χ0n) is 10.6. The number of fused-ring (bicyclic) bond motifs is 1. The molecule has 0 saturated carbocycles. The van der Waals surface area contributed by atoms with E-state index in [4.69, 9.17) is 5.73 Å². The Bertz CT molecular complexity index is 834. The SMILES string of the molecule is Nc1nc(Sc2ncnc3ccccc23)ccc1[N+](=O)[O-]. The molecule has 1 aromatic carbocycles. The summed E-state index contributed by atoms with van der Waals surface area (Å²) < 4.78 is 0. The highest BCUT2D eigenvalue weighted by atomic mass is 32.2. The number of benzene rings is 1. The zero-order valence-corrected chi connectivity index (χ0v) is 11.4. The van der Waals surface area contributed by atoms with Crippen LogP contribution >= 0.6 is 11.8 Å². The van der Waals surface area contributed by atoms with Crippen LogP contribution in [-0.4, -0.2) is 19.9 Å². The number of para-hydroxylation sites is 1. The molecule has 0 amide bonds. The molecule has 3 rings (SSSR count). The van der Waals surface area contributed by atoms with Gasteiger partial charge >= 0.3 is 5.69 Å². The van der Waals surface area contributed by atoms with E-state index in [1.165, 1.54) is 24.2 Å². The first kappa shape index (κ1) is 13.3. The molecule has 0 fully saturated rings. The minimum Gasteiger partial charge on any atom is -0.378 e. The molecule has 0 saturated heterocycles. The topological polar surface area (TPSA) is 108 Å². The predicted molar refractivity (Wildman–Crippen MR) is 79.0 cm³/mol. The molecule has 2 aromatic heterocycles. The van der Waals surface area contributed by atoms with Gasteiger partial charge in [0.05, 0.1) is 10.4 Å². The highest BCUT2D eigenvalue weighted by Crippen LogP contribution is 2.31. The molecule has 0 spiro atoms. The Labute approximate surface area is 123 Å². The van der Waals surface area contributed by atoms with Gasteiger partial charge in [0.25, 0.3) is 0 Å². The predicted octanol–water partition coefficient (Wildman–Crippen LogP) is 2.67. The molecule has 8 heteroatoms. The standard InChI is InChI=1S/C13H9N5O2S/c14-12-10(18(19)20)5-6-11(17-12)21-13-8-3-1-2-4-9(8)15-7-16-13/h1-7H,(H2,14,17). The van der Waals surface area contributed by atoms with Crippen molar-refractivity contribution in [2.45, 2.75) is 10.1 Å². The van der Waals surface area contributed by atoms with Gasteiger partial charge in [-0.15, -0.1) is 0 Å². The van der Waals surface area contributed by atoms with Gasteiger partial charge in [0, 0.05) is 11.5 Å². The second-order valence-corrected chi connectivity index (χ2v) is 5.12. The van der Waals surface area contributed by atoms with Gasteiger partial charge in [0.15, 0.2) is 0 Å². The molecule has 104 valence electrons. The molecule has 2 N–H and O–H groups in total. The molecule has 3 aromatic rings. The highest BCUT2D eigenvalue weighted by Gasteiger charge is 2.14. The van der Waals surface area contributed by atoms with Crippen molar-refractivity contribution in [3.63, 3.8) is 0 Å². The summed E-state index contributed by atoms with van der Waals surface area (Å²) in [4.78, 5) is 22.6. The summed E-state index contributed by atoms with van der Waals surface area (Å²) in [6.45, 7) is 0. The van der Waals surface area contributed by atoms with Crippen LogP contribution in [0, 0.1) is 10.1 Å². The van der Waals surface area contributed by atoms with E-state index in [-0.39, 0.29) is 11.5 Å². The lowest BCUT2D eigenvalue weighted by Crippen LogP contribution is -1.99. The van der Waals surface area contributed by atoms with Gasteiger partial charge in [-0.05, 0) is 23.9 Å². The average molecular weight is 299 g/mol. The maximum Gasteiger partial charge on any atom is 0.311 e. The van der Waals surface area contributed by atoms with Crippen LogP contribution in [0.3, 0.4) is 0 Å². The van der Waals surface area contributed by atoms with Crippen LogP contribution in [0.15, 0.2) is 52.8 Å². The van der Waals surface area contributed by atoms with E-state index in [2.05, 4.69) is 15.0 Å². The molecule has 0 aliphatic carbocycles. The van der Waals surface area contributed by atoms with Crippen LogP contribution in [0.5, 0.6) is 0 Å². The quantitative estimate of drug-likeness (QED) is 0.450. The van der Waals surface area contributed by atoms with E-state index in [1.54, 1.807) is 6.07 Å². The molecular formula is C13H9N5O2S. The lowest BCUT2D eigenvalue weighted by atomic mass is 10.2. The number of pyridine rings is 1. The fourth-order valence-corrected chi connectivity index (χ4v) is 2.68. The number of rotatable bonds is 3. The van der Waals surface area contributed by atoms with Crippen molar-refractivity contribution < 1.29 is 4.92 Å². The summed E-state index contributed by atoms with van der Waals surface area (Å²) in [7, 11) is 0. The van der Waals surface area contributed by atoms with Gasteiger partial charge in [-0.3, -0.25) is 10.1 Å². The third kappa shape index (κ3) is 2.61. The molecule has 0 unspecified atom stereocenters. The van der Waals surface area contributed by atoms with E-state index in [9.17, 15) is 10.1 Å². The number of hydrogen-bond acceptors (Lipinski definition) is 7. The van der Waals surface area contributed by atoms with Crippen LogP contribution in [0.4, 0.5) is 11.5 Å². The molecule has 0 aliphatic heterocycles. The molecule has 21 heavy (non-hydrogen) atoms. The van der Waals surface area contributed by atoms with Crippen molar-refractivity contribution in [2.24, 2.45) is 0 Å². The number of anilines is 1. The van der Waals surface area contributed by atoms with Crippen LogP contribution in [0.1, 0.15) is 0 Å². The smallest absolute Gasteiger partial charge is 0.311 e. The molecular weight excluding hydrogens is 290 g/mol. The van der Waals surface area contributed by atoms with E-state index in [1.807, 2.05) is 24.3 Å². The van der Waals surface area contributed by atoms with Crippen molar-refractivity contribution in [2.75, 3.05) is 5.73 Å². The Morgan fingerprint density at radius 1 is 1.14 bits per heavy atom. The normalized spacial score (nSPS) is 10.7. The molecule has 0 bridgehead atoms. The minimum absolute atomic E-state index is 0.108. The van der Waals surface area contributed by atoms with Gasteiger partial charge in [-0.1, -0.05) is 18.2 Å². The average Bonchev–Trinajstić information content (AvgIpc) is 2.47. The van der Waals surface area contributed by atoms with Gasteiger partial charge in [0.1, 0.15) is 16.4 Å². The van der Waals surface area contributed by atoms with E-state index >= 15 is 0 Å². The van der Waals surface area contributed by atoms with Crippen molar-refractivity contribution >= 4 is 34.2 Å². The third-order valence-corrected chi connectivity index (χ3v) is 3.74. The van der Waals surface area contributed by atoms with Crippen molar-refractivity contribution in [1.29, 1.82) is 0 Å². The summed E-state index contributed by atoms with van der Waals surface area (Å²) in [6, 6.07) is 10.5. The fourth-order valence-electron chi connectivity index (χ4n) is 1.82. The van der Waals surface area contributed by atoms with Crippen LogP contribution in [0.25, 0.3) is 10.9 Å². The van der Waals surface area contributed by atoms with Crippen LogP contribution < -0.4 is 5.73 Å². The highest BCUT2D eigenvalue weighted by molar-refractivity contribution is 7.99. The first-order chi connectivity index (χ1) is 10.1. The Morgan fingerprint density at radius 3 is 2.71 bits per heavy atom. The maximum absolute atomic E-state index is 10.7. The van der Waals surface area contributed by atoms with Crippen LogP contribution in [0.2, 0.25) is 0 Å². The zero-order chi connectivity index (χ0) is 14.8. The number of nitrogens with zero attached hydrogens (tertiary/aromatic N) is 4. The first-order valence-corrected chi connectivity index (χ1v) is 6.75. The van der Waals surface area contributed by atoms with E-state index < -0.39 is 4.92 Å². The second kappa shape index (κ2) is 5.33. The molecule has 0 radical (unpaired) electrons. The van der Waals surface area contributed by atoms with Crippen molar-refractivity contribution in [3.05, 3.63) is 52.8 Å². The fraction of sp³-hybridized carbons (Fsp3) is 0. The van der Waals surface area contributed by atoms with Gasteiger partial charge in [-0.25, -0.2) is 15.0 Å². The van der Waals surface area contributed by atoms with Gasteiger partial charge < -0.3 is 5.73 Å². The molecule has 0 aliphatic rings.